The molecule has 1 amide bonds. The summed E-state index contributed by atoms with van der Waals surface area (Å²) in [5, 5.41) is 9.07. The monoisotopic (exact) mass is 427 g/mol. The number of aromatic carboxylic acids is 1. The van der Waals surface area contributed by atoms with Crippen LogP contribution in [0.5, 0.6) is 6.01 Å². The number of hydrogen-bond donors (Lipinski definition) is 2. The molecule has 1 radical (unpaired) electrons. The first-order chi connectivity index (χ1) is 11.7. The van der Waals surface area contributed by atoms with Crippen LogP contribution in [0, 0.1) is 6.92 Å². The maximum absolute atomic E-state index is 12.3. The Hall–Kier alpha value is -2.52. The molecule has 0 bridgehead atoms. The standard InChI is InChI=1S/C13H12AsN4O6S/c1-7-15-11(17-13(16-7)24-2)14-12(21)18-25(22,23)9-6-4-3-5-8(9)10(19)20/h3-6H,1-2H3,(H,18,21)(H,19,20). The van der Waals surface area contributed by atoms with Crippen molar-refractivity contribution in [3.05, 3.63) is 35.7 Å². The Kier molecular flexibility index (Phi) is 5.70. The van der Waals surface area contributed by atoms with Gasteiger partial charge in [0.2, 0.25) is 0 Å². The van der Waals surface area contributed by atoms with Crippen molar-refractivity contribution in [3.63, 3.8) is 0 Å². The first-order valence-corrected chi connectivity index (χ1v) is 9.96. The zero-order valence-corrected chi connectivity index (χ0v) is 15.7. The summed E-state index contributed by atoms with van der Waals surface area (Å²) in [6.07, 6.45) is 0. The van der Waals surface area contributed by atoms with Crippen LogP contribution in [0.4, 0.5) is 4.79 Å². The molecule has 1 heterocycles. The molecule has 0 atom stereocenters. The minimum atomic E-state index is -4.34. The molecule has 10 nitrogen and oxygen atoms in total. The Balaban J connectivity index is 2.23. The van der Waals surface area contributed by atoms with Gasteiger partial charge >= 0.3 is 149 Å². The van der Waals surface area contributed by atoms with E-state index in [9.17, 15) is 18.0 Å². The van der Waals surface area contributed by atoms with E-state index in [2.05, 4.69) is 15.0 Å². The number of aromatic nitrogens is 3. The number of carboxylic acids is 1. The summed E-state index contributed by atoms with van der Waals surface area (Å²) in [7, 11) is -2.99. The van der Waals surface area contributed by atoms with Crippen LogP contribution < -0.4 is 14.1 Å². The quantitative estimate of drug-likeness (QED) is 0.572. The summed E-state index contributed by atoms with van der Waals surface area (Å²) in [4.78, 5) is 34.4. The average Bonchev–Trinajstić information content (AvgIpc) is 2.53. The Morgan fingerprint density at radius 1 is 1.20 bits per heavy atom. The minimum absolute atomic E-state index is 0.0182. The first-order valence-electron chi connectivity index (χ1n) is 6.60. The topological polar surface area (TPSA) is 148 Å². The predicted octanol–water partition coefficient (Wildman–Crippen LogP) is -0.685. The molecule has 1 aromatic carbocycles. The van der Waals surface area contributed by atoms with Crippen LogP contribution in [0.3, 0.4) is 0 Å². The average molecular weight is 427 g/mol. The van der Waals surface area contributed by atoms with Gasteiger partial charge in [0.15, 0.2) is 0 Å². The van der Waals surface area contributed by atoms with E-state index >= 15 is 0 Å². The van der Waals surface area contributed by atoms with Crippen LogP contribution in [0.1, 0.15) is 16.2 Å². The molecule has 0 saturated carbocycles. The molecular weight excluding hydrogens is 415 g/mol. The van der Waals surface area contributed by atoms with Gasteiger partial charge in [0, 0.05) is 0 Å². The molecule has 0 aliphatic carbocycles. The van der Waals surface area contributed by atoms with Crippen molar-refractivity contribution in [2.24, 2.45) is 0 Å². The molecule has 0 aliphatic heterocycles. The van der Waals surface area contributed by atoms with Gasteiger partial charge in [-0.2, -0.15) is 0 Å². The second kappa shape index (κ2) is 7.58. The fourth-order valence-corrected chi connectivity index (χ4v) is 4.95. The van der Waals surface area contributed by atoms with Crippen molar-refractivity contribution >= 4 is 41.1 Å². The van der Waals surface area contributed by atoms with Crippen molar-refractivity contribution in [1.29, 1.82) is 0 Å². The predicted molar refractivity (Wildman–Crippen MR) is 85.6 cm³/mol. The molecule has 0 unspecified atom stereocenters. The number of nitrogens with zero attached hydrogens (tertiary/aromatic N) is 3. The first kappa shape index (κ1) is 18.8. The van der Waals surface area contributed by atoms with Crippen molar-refractivity contribution in [3.8, 4) is 6.01 Å². The Morgan fingerprint density at radius 3 is 2.52 bits per heavy atom. The fraction of sp³-hybridized carbons (Fsp3) is 0.154. The number of benzene rings is 1. The number of methoxy groups -OCH3 is 1. The van der Waals surface area contributed by atoms with Crippen LogP contribution in [0.25, 0.3) is 0 Å². The molecule has 25 heavy (non-hydrogen) atoms. The molecule has 0 aliphatic rings. The second-order valence-corrected chi connectivity index (χ2v) is 8.30. The zero-order valence-electron chi connectivity index (χ0n) is 13.0. The zero-order chi connectivity index (χ0) is 18.6. The van der Waals surface area contributed by atoms with E-state index < -0.39 is 46.9 Å². The van der Waals surface area contributed by atoms with E-state index in [1.54, 1.807) is 6.92 Å². The Bertz CT molecular complexity index is 934. The van der Waals surface area contributed by atoms with Crippen LogP contribution in [-0.2, 0) is 10.0 Å². The summed E-state index contributed by atoms with van der Waals surface area (Å²) >= 11 is -1.41. The van der Waals surface area contributed by atoms with Gasteiger partial charge in [-0.05, 0) is 0 Å². The SMILES string of the molecule is COc1nc(C)nc([As]C(=O)NS(=O)(=O)c2ccccc2C(=O)O)n1. The Morgan fingerprint density at radius 2 is 1.88 bits per heavy atom. The molecule has 1 aromatic heterocycles. The summed E-state index contributed by atoms with van der Waals surface area (Å²) in [5.74, 6) is -1.09. The number of hydrogen-bond acceptors (Lipinski definition) is 8. The van der Waals surface area contributed by atoms with Gasteiger partial charge in [0.1, 0.15) is 0 Å². The fourth-order valence-electron chi connectivity index (χ4n) is 1.75. The van der Waals surface area contributed by atoms with E-state index in [1.807, 2.05) is 4.72 Å². The molecule has 131 valence electrons. The number of sulfonamides is 1. The summed E-state index contributed by atoms with van der Waals surface area (Å²) in [6, 6.07) is 5.00. The molecular formula is C13H12AsN4O6S. The molecule has 0 saturated heterocycles. The second-order valence-electron chi connectivity index (χ2n) is 4.49. The number of carbonyl (C=O) groups excluding carboxylic acids is 1. The molecule has 2 N–H and O–H groups in total. The van der Waals surface area contributed by atoms with Crippen molar-refractivity contribution < 1.29 is 27.9 Å². The van der Waals surface area contributed by atoms with Crippen LogP contribution >= 0.6 is 0 Å². The van der Waals surface area contributed by atoms with Crippen LogP contribution in [0.2, 0.25) is 0 Å². The van der Waals surface area contributed by atoms with Crippen LogP contribution in [0.15, 0.2) is 29.2 Å². The van der Waals surface area contributed by atoms with Gasteiger partial charge in [0.25, 0.3) is 0 Å². The van der Waals surface area contributed by atoms with E-state index in [0.29, 0.717) is 5.82 Å². The Labute approximate surface area is 149 Å². The van der Waals surface area contributed by atoms with E-state index in [4.69, 9.17) is 9.84 Å². The molecule has 2 rings (SSSR count). The van der Waals surface area contributed by atoms with E-state index in [0.717, 1.165) is 12.1 Å². The number of aryl methyl sites for hydroxylation is 1. The van der Waals surface area contributed by atoms with Crippen LogP contribution in [-0.4, -0.2) is 62.0 Å². The maximum atomic E-state index is 12.3. The number of amides is 1. The van der Waals surface area contributed by atoms with Gasteiger partial charge in [-0.3, -0.25) is 0 Å². The van der Waals surface area contributed by atoms with E-state index in [-0.39, 0.29) is 10.6 Å². The van der Waals surface area contributed by atoms with Crippen molar-refractivity contribution in [1.82, 2.24) is 19.7 Å². The number of rotatable bonds is 6. The van der Waals surface area contributed by atoms with E-state index in [1.165, 1.54) is 19.2 Å². The summed E-state index contributed by atoms with van der Waals surface area (Å²) in [6.45, 7) is 1.58. The van der Waals surface area contributed by atoms with Gasteiger partial charge in [-0.25, -0.2) is 0 Å². The normalized spacial score (nSPS) is 11.4. The van der Waals surface area contributed by atoms with Crippen molar-refractivity contribution in [2.45, 2.75) is 11.8 Å². The van der Waals surface area contributed by atoms with Crippen molar-refractivity contribution in [2.75, 3.05) is 7.11 Å². The molecule has 2 aromatic rings. The number of carboxylic acid groups (broad SMARTS) is 1. The molecule has 0 fully saturated rings. The number of ether oxygens (including phenoxy) is 1. The van der Waals surface area contributed by atoms with Gasteiger partial charge in [0.05, 0.1) is 0 Å². The van der Waals surface area contributed by atoms with Gasteiger partial charge < -0.3 is 0 Å². The molecule has 12 heteroatoms. The summed E-state index contributed by atoms with van der Waals surface area (Å²) in [5.41, 5.74) is -0.434. The third-order valence-corrected chi connectivity index (χ3v) is 5.95. The third kappa shape index (κ3) is 4.74. The summed E-state index contributed by atoms with van der Waals surface area (Å²) < 4.78 is 30.6. The van der Waals surface area contributed by atoms with Gasteiger partial charge in [-0.1, -0.05) is 0 Å². The number of nitrogens with one attached hydrogen (secondary N) is 1. The van der Waals surface area contributed by atoms with Gasteiger partial charge in [-0.15, -0.1) is 0 Å². The molecule has 0 spiro atoms. The third-order valence-electron chi connectivity index (χ3n) is 2.73. The number of carbonyl (C=O) groups is 2.